The zero-order chi connectivity index (χ0) is 45.5. The summed E-state index contributed by atoms with van der Waals surface area (Å²) in [6, 6.07) is 0. The van der Waals surface area contributed by atoms with Crippen LogP contribution in [0.5, 0.6) is 0 Å². The van der Waals surface area contributed by atoms with Gasteiger partial charge in [-0.1, -0.05) is 69.6 Å². The maximum absolute atomic E-state index is 14.4. The van der Waals surface area contributed by atoms with E-state index in [0.717, 1.165) is 18.4 Å². The number of allylic oxidation sites excluding steroid dienone is 2. The second kappa shape index (κ2) is 20.1. The molecule has 2 aliphatic carbocycles. The van der Waals surface area contributed by atoms with Crippen LogP contribution in [0.1, 0.15) is 106 Å². The van der Waals surface area contributed by atoms with E-state index in [9.17, 15) is 20.1 Å². The molecular weight excluding hydrogens is 825 g/mol. The van der Waals surface area contributed by atoms with Crippen molar-refractivity contribution < 1.29 is 67.5 Å². The van der Waals surface area contributed by atoms with Gasteiger partial charge in [0.05, 0.1) is 49.3 Å². The summed E-state index contributed by atoms with van der Waals surface area (Å²) in [5.74, 6) is -2.32. The molecule has 14 heteroatoms. The quantitative estimate of drug-likeness (QED) is 0.204. The zero-order valence-electron chi connectivity index (χ0n) is 39.0. The number of fused-ring (bicyclic) bond motifs is 2. The Balaban J connectivity index is 1.08. The van der Waals surface area contributed by atoms with Gasteiger partial charge >= 0.3 is 5.97 Å². The van der Waals surface area contributed by atoms with Crippen LogP contribution in [-0.4, -0.2) is 139 Å². The Morgan fingerprint density at radius 2 is 1.53 bits per heavy atom. The first-order valence-electron chi connectivity index (χ1n) is 24.0. The highest BCUT2D eigenvalue weighted by molar-refractivity contribution is 5.78. The predicted molar refractivity (Wildman–Crippen MR) is 234 cm³/mol. The number of aliphatic hydroxyl groups excluding tert-OH is 2. The minimum Gasteiger partial charge on any atom is -0.462 e. The fourth-order valence-electron chi connectivity index (χ4n) is 11.7. The molecule has 64 heavy (non-hydrogen) atoms. The standard InChI is InChI=1S/C50H74O14/c1-27-13-12-16-34-26-57-47-42(51)30(4)21-37(50(34,47)54)48(53)60-36-22-35(63-49(25-36)20-19-29(3)45(64-49)33-14-10-9-11-15-33)18-17-28(2)44(27)61-41-24-39(56-8)46(32(6)59-41)62-40-23-38(55-7)43(52)31(5)58-40/h12-13,16-17,19-21,27,29,31-33,35-47,51-52,54H,9-11,14-15,18,22-26H2,1-8H3/b13-12-,28-17-,34-16-/t27?,29-,31-,32-,35+,36-,37-,38-,39-,40-,41-,42+,43-,44-,45-,46?,47+,49+,50+/m0/s1. The summed E-state index contributed by atoms with van der Waals surface area (Å²) in [6.45, 7) is 11.9. The van der Waals surface area contributed by atoms with Crippen LogP contribution in [0, 0.1) is 23.7 Å². The number of rotatable bonds is 7. The van der Waals surface area contributed by atoms with Crippen molar-refractivity contribution in [2.24, 2.45) is 23.7 Å². The molecule has 14 nitrogen and oxygen atoms in total. The molecule has 0 aromatic carbocycles. The maximum atomic E-state index is 14.4. The third kappa shape index (κ3) is 9.82. The normalized spacial score (nSPS) is 49.2. The van der Waals surface area contributed by atoms with Crippen molar-refractivity contribution in [3.8, 4) is 0 Å². The van der Waals surface area contributed by atoms with E-state index >= 15 is 0 Å². The average Bonchev–Trinajstić information content (AvgIpc) is 3.62. The molecule has 1 saturated carbocycles. The fraction of sp³-hybridized carbons (Fsp3) is 0.780. The van der Waals surface area contributed by atoms with Crippen LogP contribution in [0.3, 0.4) is 0 Å². The molecule has 2 bridgehead atoms. The van der Waals surface area contributed by atoms with Crippen molar-refractivity contribution in [3.05, 3.63) is 59.3 Å². The van der Waals surface area contributed by atoms with Gasteiger partial charge in [-0.3, -0.25) is 4.79 Å². The fourth-order valence-corrected chi connectivity index (χ4v) is 11.7. The molecule has 8 aliphatic rings. The number of ether oxygens (including phenoxy) is 10. The molecule has 2 unspecified atom stereocenters. The molecule has 358 valence electrons. The Kier molecular flexibility index (Phi) is 15.1. The highest BCUT2D eigenvalue weighted by atomic mass is 16.7. The third-order valence-corrected chi connectivity index (χ3v) is 15.4. The van der Waals surface area contributed by atoms with Gasteiger partial charge in [-0.05, 0) is 75.7 Å². The van der Waals surface area contributed by atoms with Gasteiger partial charge in [-0.2, -0.15) is 0 Å². The molecule has 6 heterocycles. The van der Waals surface area contributed by atoms with E-state index in [0.29, 0.717) is 49.2 Å². The van der Waals surface area contributed by atoms with Crippen molar-refractivity contribution >= 4 is 5.97 Å². The van der Waals surface area contributed by atoms with Crippen molar-refractivity contribution in [1.29, 1.82) is 0 Å². The predicted octanol–water partition coefficient (Wildman–Crippen LogP) is 5.91. The van der Waals surface area contributed by atoms with Crippen LogP contribution in [0.2, 0.25) is 0 Å². The summed E-state index contributed by atoms with van der Waals surface area (Å²) in [7, 11) is 3.23. The molecule has 0 aromatic heterocycles. The Labute approximate surface area is 379 Å². The summed E-state index contributed by atoms with van der Waals surface area (Å²) in [4.78, 5) is 14.4. The highest BCUT2D eigenvalue weighted by Crippen LogP contribution is 2.48. The Morgan fingerprint density at radius 3 is 2.28 bits per heavy atom. The van der Waals surface area contributed by atoms with Crippen molar-refractivity contribution in [3.63, 3.8) is 0 Å². The first kappa shape index (κ1) is 48.2. The molecule has 0 aromatic rings. The lowest BCUT2D eigenvalue weighted by Gasteiger charge is -2.49. The van der Waals surface area contributed by atoms with Gasteiger partial charge in [-0.15, -0.1) is 0 Å². The van der Waals surface area contributed by atoms with Crippen LogP contribution < -0.4 is 0 Å². The Morgan fingerprint density at radius 1 is 0.812 bits per heavy atom. The van der Waals surface area contributed by atoms with E-state index in [4.69, 9.17) is 47.4 Å². The van der Waals surface area contributed by atoms with Crippen LogP contribution in [0.4, 0.5) is 0 Å². The molecule has 6 aliphatic heterocycles. The molecular formula is C50H74O14. The van der Waals surface area contributed by atoms with Crippen LogP contribution in [0.25, 0.3) is 0 Å². The number of hydrogen-bond donors (Lipinski definition) is 3. The molecule has 0 radical (unpaired) electrons. The number of carbonyl (C=O) groups excluding carboxylic acids is 1. The van der Waals surface area contributed by atoms with Crippen LogP contribution in [0.15, 0.2) is 59.3 Å². The largest absolute Gasteiger partial charge is 0.462 e. The lowest BCUT2D eigenvalue weighted by atomic mass is 9.71. The lowest BCUT2D eigenvalue weighted by Crippen LogP contribution is -2.58. The molecule has 5 fully saturated rings. The highest BCUT2D eigenvalue weighted by Gasteiger charge is 2.60. The van der Waals surface area contributed by atoms with E-state index in [-0.39, 0.29) is 36.8 Å². The third-order valence-electron chi connectivity index (χ3n) is 15.4. The maximum Gasteiger partial charge on any atom is 0.316 e. The zero-order valence-corrected chi connectivity index (χ0v) is 39.0. The SMILES string of the molecule is CO[C@H]1C[C@H](O[C@@H]2/C(C)=C\C[C@@H]3C[C@@H](C[C@]4(C=C[C@H](C)[C@@H](C5CCCCC5)O4)O3)OC(=O)[C@@H]3C=C(C)[C@@H](O)[C@H]4OC/C(=C/C=C\C2C)[C@]43O)O[C@@H](C)C1O[C@H]1C[C@H](OC)[C@@H](O)[C@H](C)O1. The van der Waals surface area contributed by atoms with E-state index in [2.05, 4.69) is 32.9 Å². The van der Waals surface area contributed by atoms with Gasteiger partial charge < -0.3 is 62.7 Å². The first-order valence-corrected chi connectivity index (χ1v) is 24.0. The number of methoxy groups -OCH3 is 2. The molecule has 19 atom stereocenters. The second-order valence-corrected chi connectivity index (χ2v) is 20.0. The average molecular weight is 899 g/mol. The number of carbonyl (C=O) groups is 1. The smallest absolute Gasteiger partial charge is 0.316 e. The summed E-state index contributed by atoms with van der Waals surface area (Å²) >= 11 is 0. The van der Waals surface area contributed by atoms with Gasteiger partial charge in [-0.25, -0.2) is 0 Å². The molecule has 1 spiro atoms. The summed E-state index contributed by atoms with van der Waals surface area (Å²) in [6.07, 6.45) is 13.8. The van der Waals surface area contributed by atoms with Gasteiger partial charge in [0.25, 0.3) is 0 Å². The first-order chi connectivity index (χ1) is 30.6. The Bertz CT molecular complexity index is 1790. The number of esters is 1. The minimum absolute atomic E-state index is 0.0242. The molecule has 4 saturated heterocycles. The van der Waals surface area contributed by atoms with E-state index < -0.39 is 90.8 Å². The number of aliphatic hydroxyl groups is 3. The van der Waals surface area contributed by atoms with E-state index in [1.165, 1.54) is 19.3 Å². The monoisotopic (exact) mass is 899 g/mol. The minimum atomic E-state index is -1.83. The van der Waals surface area contributed by atoms with Crippen LogP contribution >= 0.6 is 0 Å². The van der Waals surface area contributed by atoms with Gasteiger partial charge in [0.2, 0.25) is 0 Å². The van der Waals surface area contributed by atoms with E-state index in [1.807, 2.05) is 25.2 Å². The summed E-state index contributed by atoms with van der Waals surface area (Å²) in [5, 5.41) is 34.3. The second-order valence-electron chi connectivity index (χ2n) is 20.0. The van der Waals surface area contributed by atoms with Crippen molar-refractivity contribution in [2.45, 2.75) is 203 Å². The summed E-state index contributed by atoms with van der Waals surface area (Å²) < 4.78 is 64.1. The van der Waals surface area contributed by atoms with Gasteiger partial charge in [0.1, 0.15) is 42.0 Å². The van der Waals surface area contributed by atoms with Gasteiger partial charge in [0, 0.05) is 51.7 Å². The van der Waals surface area contributed by atoms with Crippen molar-refractivity contribution in [2.75, 3.05) is 20.8 Å². The lowest BCUT2D eigenvalue weighted by molar-refractivity contribution is -0.318. The van der Waals surface area contributed by atoms with Crippen LogP contribution in [-0.2, 0) is 52.2 Å². The van der Waals surface area contributed by atoms with Gasteiger partial charge in [0.15, 0.2) is 18.4 Å². The van der Waals surface area contributed by atoms with Crippen molar-refractivity contribution in [1.82, 2.24) is 0 Å². The summed E-state index contributed by atoms with van der Waals surface area (Å²) in [5.41, 5.74) is 0.166. The molecule has 0 amide bonds. The number of hydrogen-bond acceptors (Lipinski definition) is 14. The molecule has 8 rings (SSSR count). The Hall–Kier alpha value is -2.31. The van der Waals surface area contributed by atoms with E-state index in [1.54, 1.807) is 40.2 Å². The topological polar surface area (TPSA) is 170 Å². The molecule has 3 N–H and O–H groups in total.